The van der Waals surface area contributed by atoms with Gasteiger partial charge in [-0.15, -0.1) is 0 Å². The van der Waals surface area contributed by atoms with Crippen LogP contribution in [0.3, 0.4) is 0 Å². The highest BCUT2D eigenvalue weighted by atomic mass is 19.4. The summed E-state index contributed by atoms with van der Waals surface area (Å²) in [6.07, 6.45) is -12.8. The highest BCUT2D eigenvalue weighted by Gasteiger charge is 2.78. The second kappa shape index (κ2) is 6.00. The number of hydrogen-bond donors (Lipinski definition) is 0. The van der Waals surface area contributed by atoms with E-state index in [0.29, 0.717) is 6.42 Å². The van der Waals surface area contributed by atoms with Gasteiger partial charge in [-0.1, -0.05) is 0 Å². The summed E-state index contributed by atoms with van der Waals surface area (Å²) in [5, 5.41) is 0. The van der Waals surface area contributed by atoms with Crippen molar-refractivity contribution in [3.8, 4) is 0 Å². The zero-order valence-electron chi connectivity index (χ0n) is 11.2. The van der Waals surface area contributed by atoms with E-state index in [2.05, 4.69) is 0 Å². The number of halogens is 10. The summed E-state index contributed by atoms with van der Waals surface area (Å²) in [6.45, 7) is -0.922. The Morgan fingerprint density at radius 3 is 1.35 bits per heavy atom. The molecule has 23 heavy (non-hydrogen) atoms. The Labute approximate surface area is 123 Å². The van der Waals surface area contributed by atoms with Crippen molar-refractivity contribution >= 4 is 5.91 Å². The molecule has 0 spiro atoms. The molecule has 1 saturated heterocycles. The van der Waals surface area contributed by atoms with E-state index >= 15 is 0 Å². The lowest BCUT2D eigenvalue weighted by Gasteiger charge is -2.38. The normalized spacial score (nSPS) is 18.5. The third kappa shape index (κ3) is 3.65. The van der Waals surface area contributed by atoms with Crippen LogP contribution in [0.4, 0.5) is 43.9 Å². The van der Waals surface area contributed by atoms with Crippen LogP contribution in [-0.2, 0) is 4.79 Å². The molecule has 0 radical (unpaired) electrons. The number of carbonyl (C=O) groups is 1. The maximum Gasteiger partial charge on any atom is 0.454 e. The van der Waals surface area contributed by atoms with Crippen LogP contribution in [0.2, 0.25) is 0 Å². The van der Waals surface area contributed by atoms with E-state index in [4.69, 9.17) is 0 Å². The van der Waals surface area contributed by atoms with Gasteiger partial charge in [0.2, 0.25) is 5.91 Å². The van der Waals surface area contributed by atoms with E-state index in [-0.39, 0.29) is 17.7 Å². The third-order valence-electron chi connectivity index (χ3n) is 3.40. The fraction of sp³-hybridized carbons (Fsp3) is 0.909. The van der Waals surface area contributed by atoms with Gasteiger partial charge < -0.3 is 4.90 Å². The van der Waals surface area contributed by atoms with Gasteiger partial charge in [-0.25, -0.2) is 0 Å². The van der Waals surface area contributed by atoms with Gasteiger partial charge in [0, 0.05) is 13.1 Å². The van der Waals surface area contributed by atoms with Gasteiger partial charge in [0.15, 0.2) is 5.92 Å². The fourth-order valence-electron chi connectivity index (χ4n) is 2.16. The first-order chi connectivity index (χ1) is 10.1. The lowest BCUT2D eigenvalue weighted by atomic mass is 9.90. The number of hydrogen-bond acceptors (Lipinski definition) is 1. The molecule has 0 aromatic carbocycles. The van der Waals surface area contributed by atoms with Crippen molar-refractivity contribution in [3.63, 3.8) is 0 Å². The Morgan fingerprint density at radius 1 is 0.696 bits per heavy atom. The molecule has 12 heteroatoms. The molecule has 0 aromatic rings. The summed E-state index contributed by atoms with van der Waals surface area (Å²) in [5.74, 6) is -20.5. The average molecular weight is 363 g/mol. The number of alkyl halides is 10. The number of rotatable bonds is 3. The quantitative estimate of drug-likeness (QED) is 0.694. The van der Waals surface area contributed by atoms with E-state index < -0.39 is 49.1 Å². The molecule has 136 valence electrons. The largest absolute Gasteiger partial charge is 0.454 e. The van der Waals surface area contributed by atoms with E-state index in [1.54, 1.807) is 0 Å². The highest BCUT2D eigenvalue weighted by Crippen LogP contribution is 2.53. The van der Waals surface area contributed by atoms with E-state index in [9.17, 15) is 48.7 Å². The maximum absolute atomic E-state index is 13.3. The maximum atomic E-state index is 13.3. The smallest absolute Gasteiger partial charge is 0.342 e. The first-order valence-electron chi connectivity index (χ1n) is 6.32. The summed E-state index contributed by atoms with van der Waals surface area (Å²) in [5.41, 5.74) is 0. The lowest BCUT2D eigenvalue weighted by molar-refractivity contribution is -0.365. The van der Waals surface area contributed by atoms with Crippen molar-refractivity contribution in [2.75, 3.05) is 13.1 Å². The molecule has 2 nitrogen and oxygen atoms in total. The summed E-state index contributed by atoms with van der Waals surface area (Å²) in [4.78, 5) is 11.8. The number of likely N-dealkylation sites (tertiary alicyclic amines) is 1. The van der Waals surface area contributed by atoms with E-state index in [1.165, 1.54) is 0 Å². The zero-order chi connectivity index (χ0) is 18.3. The minimum Gasteiger partial charge on any atom is -0.342 e. The molecule has 1 amide bonds. The Hall–Kier alpha value is -1.23. The minimum absolute atomic E-state index is 0.105. The van der Waals surface area contributed by atoms with Gasteiger partial charge in [0.05, 0.1) is 0 Å². The molecule has 1 rings (SSSR count). The highest BCUT2D eigenvalue weighted by molar-refractivity contribution is 5.81. The molecule has 0 N–H and O–H groups in total. The molecular weight excluding hydrogens is 352 g/mol. The molecule has 0 aromatic heterocycles. The lowest BCUT2D eigenvalue weighted by Crippen LogP contribution is -2.62. The van der Waals surface area contributed by atoms with Gasteiger partial charge in [-0.3, -0.25) is 4.79 Å². The van der Waals surface area contributed by atoms with Crippen LogP contribution in [0.15, 0.2) is 0 Å². The number of nitrogens with zero attached hydrogens (tertiary/aromatic N) is 1. The predicted molar refractivity (Wildman–Crippen MR) is 55.9 cm³/mol. The van der Waals surface area contributed by atoms with Gasteiger partial charge in [0.25, 0.3) is 0 Å². The molecule has 0 unspecified atom stereocenters. The predicted octanol–water partition coefficient (Wildman–Crippen LogP) is 4.01. The zero-order valence-corrected chi connectivity index (χ0v) is 11.2. The summed E-state index contributed by atoms with van der Waals surface area (Å²) in [6, 6.07) is 0. The second-order valence-corrected chi connectivity index (χ2v) is 5.06. The Morgan fingerprint density at radius 2 is 1.04 bits per heavy atom. The van der Waals surface area contributed by atoms with Crippen molar-refractivity contribution in [3.05, 3.63) is 0 Å². The second-order valence-electron chi connectivity index (χ2n) is 5.06. The van der Waals surface area contributed by atoms with Gasteiger partial charge in [0.1, 0.15) is 0 Å². The van der Waals surface area contributed by atoms with Crippen molar-refractivity contribution in [1.29, 1.82) is 0 Å². The minimum atomic E-state index is -6.74. The summed E-state index contributed by atoms with van der Waals surface area (Å²) >= 11 is 0. The van der Waals surface area contributed by atoms with Crippen LogP contribution in [-0.4, -0.2) is 48.1 Å². The first kappa shape index (κ1) is 19.8. The Bertz CT molecular complexity index is 409. The third-order valence-corrected chi connectivity index (χ3v) is 3.40. The van der Waals surface area contributed by atoms with Crippen LogP contribution >= 0.6 is 0 Å². The fourth-order valence-corrected chi connectivity index (χ4v) is 2.16. The number of piperidine rings is 1. The monoisotopic (exact) mass is 363 g/mol. The summed E-state index contributed by atoms with van der Waals surface area (Å²) < 4.78 is 127. The van der Waals surface area contributed by atoms with Crippen LogP contribution in [0.1, 0.15) is 19.3 Å². The molecular formula is C11H11F10NO. The molecule has 0 atom stereocenters. The van der Waals surface area contributed by atoms with Crippen LogP contribution in [0, 0.1) is 5.92 Å². The van der Waals surface area contributed by atoms with Crippen molar-refractivity contribution in [2.45, 2.75) is 43.5 Å². The molecule has 0 saturated carbocycles. The van der Waals surface area contributed by atoms with Crippen LogP contribution in [0.5, 0.6) is 0 Å². The van der Waals surface area contributed by atoms with Gasteiger partial charge in [-0.2, -0.15) is 43.9 Å². The Balaban J connectivity index is 3.35. The van der Waals surface area contributed by atoms with Crippen LogP contribution in [0.25, 0.3) is 0 Å². The van der Waals surface area contributed by atoms with Crippen LogP contribution < -0.4 is 0 Å². The molecule has 1 fully saturated rings. The number of carbonyl (C=O) groups excluding carboxylic acids is 1. The standard InChI is InChI=1S/C11H11F10NO/c12-8(13,10(16,17)18)6(9(14,15)11(19,20)21)7(23)22-4-2-1-3-5-22/h6H,1-5H2. The summed E-state index contributed by atoms with van der Waals surface area (Å²) in [7, 11) is 0. The Kier molecular flexibility index (Phi) is 5.17. The molecule has 1 aliphatic heterocycles. The van der Waals surface area contributed by atoms with Gasteiger partial charge in [-0.05, 0) is 19.3 Å². The molecule has 1 heterocycles. The topological polar surface area (TPSA) is 20.3 Å². The van der Waals surface area contributed by atoms with Crippen molar-refractivity contribution in [1.82, 2.24) is 4.90 Å². The SMILES string of the molecule is O=C(C(C(F)(F)C(F)(F)F)C(F)(F)C(F)(F)F)N1CCCCC1. The first-order valence-corrected chi connectivity index (χ1v) is 6.32. The molecule has 0 aliphatic carbocycles. The van der Waals surface area contributed by atoms with Crippen molar-refractivity contribution < 1.29 is 48.7 Å². The number of amides is 1. The van der Waals surface area contributed by atoms with Gasteiger partial charge >= 0.3 is 24.2 Å². The average Bonchev–Trinajstić information content (AvgIpc) is 2.36. The molecule has 0 bridgehead atoms. The van der Waals surface area contributed by atoms with E-state index in [0.717, 1.165) is 0 Å². The van der Waals surface area contributed by atoms with E-state index in [1.807, 2.05) is 0 Å². The van der Waals surface area contributed by atoms with Crippen molar-refractivity contribution in [2.24, 2.45) is 5.92 Å². The molecule has 1 aliphatic rings.